The highest BCUT2D eigenvalue weighted by Gasteiger charge is 2.24. The van der Waals surface area contributed by atoms with Gasteiger partial charge in [0.25, 0.3) is 5.91 Å². The number of carbonyl (C=O) groups excluding carboxylic acids is 1. The minimum atomic E-state index is 0.196. The van der Waals surface area contributed by atoms with E-state index >= 15 is 0 Å². The molecule has 1 aromatic carbocycles. The molecule has 0 aromatic heterocycles. The van der Waals surface area contributed by atoms with Crippen molar-refractivity contribution in [2.75, 3.05) is 26.7 Å². The highest BCUT2D eigenvalue weighted by atomic mass is 16.2. The van der Waals surface area contributed by atoms with Crippen LogP contribution < -0.4 is 5.32 Å². The van der Waals surface area contributed by atoms with Gasteiger partial charge in [0.15, 0.2) is 0 Å². The van der Waals surface area contributed by atoms with Gasteiger partial charge in [-0.3, -0.25) is 4.79 Å². The third-order valence-corrected chi connectivity index (χ3v) is 4.13. The monoisotopic (exact) mass is 260 g/mol. The van der Waals surface area contributed by atoms with E-state index in [1.54, 1.807) is 0 Å². The summed E-state index contributed by atoms with van der Waals surface area (Å²) in [6.07, 6.45) is 2.33. The standard InChI is InChI=1S/C16H24N2O/c1-12-6-4-8-15(13(12)2)16(19)18-9-5-7-14(11-18)10-17-3/h4,6,8,14,17H,5,7,9-11H2,1-3H3/t14-/m0/s1. The lowest BCUT2D eigenvalue weighted by molar-refractivity contribution is 0.0673. The summed E-state index contributed by atoms with van der Waals surface area (Å²) < 4.78 is 0. The second-order valence-corrected chi connectivity index (χ2v) is 5.56. The molecule has 1 atom stereocenters. The van der Waals surface area contributed by atoms with Gasteiger partial charge in [0.1, 0.15) is 0 Å². The molecule has 0 radical (unpaired) electrons. The van der Waals surface area contributed by atoms with Crippen LogP contribution in [0.4, 0.5) is 0 Å². The summed E-state index contributed by atoms with van der Waals surface area (Å²) in [6, 6.07) is 5.99. The van der Waals surface area contributed by atoms with Crippen LogP contribution in [0.3, 0.4) is 0 Å². The summed E-state index contributed by atoms with van der Waals surface area (Å²) in [6.45, 7) is 6.87. The maximum absolute atomic E-state index is 12.6. The number of amides is 1. The summed E-state index contributed by atoms with van der Waals surface area (Å²) in [4.78, 5) is 14.6. The fourth-order valence-electron chi connectivity index (χ4n) is 2.86. The van der Waals surface area contributed by atoms with E-state index in [9.17, 15) is 4.79 Å². The molecule has 2 rings (SSSR count). The molecule has 19 heavy (non-hydrogen) atoms. The molecule has 1 heterocycles. The molecular formula is C16H24N2O. The van der Waals surface area contributed by atoms with Crippen LogP contribution in [-0.4, -0.2) is 37.5 Å². The molecule has 1 aliphatic rings. The third-order valence-electron chi connectivity index (χ3n) is 4.13. The minimum absolute atomic E-state index is 0.196. The zero-order chi connectivity index (χ0) is 13.8. The minimum Gasteiger partial charge on any atom is -0.338 e. The maximum atomic E-state index is 12.6. The van der Waals surface area contributed by atoms with Crippen molar-refractivity contribution in [2.45, 2.75) is 26.7 Å². The molecule has 1 N–H and O–H groups in total. The molecule has 3 nitrogen and oxygen atoms in total. The van der Waals surface area contributed by atoms with Crippen molar-refractivity contribution in [3.8, 4) is 0 Å². The Morgan fingerprint density at radius 3 is 2.95 bits per heavy atom. The fraction of sp³-hybridized carbons (Fsp3) is 0.562. The second kappa shape index (κ2) is 6.20. The smallest absolute Gasteiger partial charge is 0.254 e. The molecule has 0 saturated carbocycles. The molecule has 0 spiro atoms. The third kappa shape index (κ3) is 3.16. The van der Waals surface area contributed by atoms with E-state index in [1.165, 1.54) is 12.0 Å². The number of rotatable bonds is 3. The molecule has 0 aliphatic carbocycles. The topological polar surface area (TPSA) is 32.3 Å². The summed E-state index contributed by atoms with van der Waals surface area (Å²) >= 11 is 0. The Morgan fingerprint density at radius 2 is 2.21 bits per heavy atom. The van der Waals surface area contributed by atoms with E-state index < -0.39 is 0 Å². The van der Waals surface area contributed by atoms with Gasteiger partial charge < -0.3 is 10.2 Å². The van der Waals surface area contributed by atoms with Crippen LogP contribution >= 0.6 is 0 Å². The highest BCUT2D eigenvalue weighted by Crippen LogP contribution is 2.20. The zero-order valence-electron chi connectivity index (χ0n) is 12.2. The number of hydrogen-bond donors (Lipinski definition) is 1. The number of piperidine rings is 1. The van der Waals surface area contributed by atoms with Gasteiger partial charge >= 0.3 is 0 Å². The van der Waals surface area contributed by atoms with Crippen LogP contribution in [0.2, 0.25) is 0 Å². The number of benzene rings is 1. The average Bonchev–Trinajstić information content (AvgIpc) is 2.42. The number of nitrogens with zero attached hydrogens (tertiary/aromatic N) is 1. The van der Waals surface area contributed by atoms with Gasteiger partial charge in [-0.2, -0.15) is 0 Å². The molecule has 1 amide bonds. The first-order valence-electron chi connectivity index (χ1n) is 7.13. The van der Waals surface area contributed by atoms with Crippen LogP contribution in [0.25, 0.3) is 0 Å². The van der Waals surface area contributed by atoms with Gasteiger partial charge in [-0.25, -0.2) is 0 Å². The first kappa shape index (κ1) is 14.1. The van der Waals surface area contributed by atoms with Crippen molar-refractivity contribution >= 4 is 5.91 Å². The van der Waals surface area contributed by atoms with Crippen molar-refractivity contribution in [1.82, 2.24) is 10.2 Å². The van der Waals surface area contributed by atoms with Crippen LogP contribution in [-0.2, 0) is 0 Å². The van der Waals surface area contributed by atoms with Crippen LogP contribution in [0.1, 0.15) is 34.3 Å². The van der Waals surface area contributed by atoms with Crippen molar-refractivity contribution < 1.29 is 4.79 Å². The lowest BCUT2D eigenvalue weighted by Gasteiger charge is -2.33. The Morgan fingerprint density at radius 1 is 1.42 bits per heavy atom. The molecule has 0 bridgehead atoms. The zero-order valence-corrected chi connectivity index (χ0v) is 12.2. The number of nitrogens with one attached hydrogen (secondary N) is 1. The quantitative estimate of drug-likeness (QED) is 0.905. The maximum Gasteiger partial charge on any atom is 0.254 e. The van der Waals surface area contributed by atoms with Crippen LogP contribution in [0.5, 0.6) is 0 Å². The molecule has 104 valence electrons. The number of hydrogen-bond acceptors (Lipinski definition) is 2. The SMILES string of the molecule is CNC[C@@H]1CCCN(C(=O)c2cccc(C)c2C)C1. The lowest BCUT2D eigenvalue weighted by Crippen LogP contribution is -2.42. The summed E-state index contributed by atoms with van der Waals surface area (Å²) in [5.41, 5.74) is 3.17. The molecule has 0 unspecified atom stereocenters. The number of aryl methyl sites for hydroxylation is 1. The molecule has 3 heteroatoms. The summed E-state index contributed by atoms with van der Waals surface area (Å²) in [5.74, 6) is 0.787. The van der Waals surface area contributed by atoms with Gasteiger partial charge in [-0.1, -0.05) is 12.1 Å². The molecular weight excluding hydrogens is 236 g/mol. The van der Waals surface area contributed by atoms with E-state index in [2.05, 4.69) is 18.3 Å². The Labute approximate surface area is 116 Å². The molecule has 1 fully saturated rings. The van der Waals surface area contributed by atoms with Crippen LogP contribution in [0.15, 0.2) is 18.2 Å². The Kier molecular flexibility index (Phi) is 4.59. The first-order valence-corrected chi connectivity index (χ1v) is 7.13. The van der Waals surface area contributed by atoms with E-state index in [0.29, 0.717) is 5.92 Å². The van der Waals surface area contributed by atoms with Gasteiger partial charge in [-0.15, -0.1) is 0 Å². The first-order chi connectivity index (χ1) is 9.13. The summed E-state index contributed by atoms with van der Waals surface area (Å²) in [5, 5.41) is 3.22. The predicted molar refractivity (Wildman–Crippen MR) is 78.5 cm³/mol. The second-order valence-electron chi connectivity index (χ2n) is 5.56. The van der Waals surface area contributed by atoms with Gasteiger partial charge in [0, 0.05) is 18.7 Å². The van der Waals surface area contributed by atoms with Crippen molar-refractivity contribution in [2.24, 2.45) is 5.92 Å². The van der Waals surface area contributed by atoms with Crippen molar-refractivity contribution in [3.05, 3.63) is 34.9 Å². The fourth-order valence-corrected chi connectivity index (χ4v) is 2.86. The van der Waals surface area contributed by atoms with Crippen molar-refractivity contribution in [3.63, 3.8) is 0 Å². The molecule has 1 aliphatic heterocycles. The number of likely N-dealkylation sites (tertiary alicyclic amines) is 1. The molecule has 1 saturated heterocycles. The Bertz CT molecular complexity index is 454. The normalized spacial score (nSPS) is 19.5. The lowest BCUT2D eigenvalue weighted by atomic mass is 9.96. The van der Waals surface area contributed by atoms with Gasteiger partial charge in [0.05, 0.1) is 0 Å². The van der Waals surface area contributed by atoms with Crippen LogP contribution in [0, 0.1) is 19.8 Å². The van der Waals surface area contributed by atoms with E-state index in [4.69, 9.17) is 0 Å². The van der Waals surface area contributed by atoms with Crippen molar-refractivity contribution in [1.29, 1.82) is 0 Å². The number of carbonyl (C=O) groups is 1. The van der Waals surface area contributed by atoms with Gasteiger partial charge in [-0.05, 0) is 63.4 Å². The Hall–Kier alpha value is -1.35. The largest absolute Gasteiger partial charge is 0.338 e. The summed E-state index contributed by atoms with van der Waals surface area (Å²) in [7, 11) is 1.98. The highest BCUT2D eigenvalue weighted by molar-refractivity contribution is 5.96. The average molecular weight is 260 g/mol. The van der Waals surface area contributed by atoms with E-state index in [1.807, 2.05) is 31.0 Å². The van der Waals surface area contributed by atoms with E-state index in [0.717, 1.165) is 37.2 Å². The molecule has 1 aromatic rings. The predicted octanol–water partition coefficient (Wildman–Crippen LogP) is 2.38. The Balaban J connectivity index is 2.12. The van der Waals surface area contributed by atoms with Gasteiger partial charge in [0.2, 0.25) is 0 Å². The van der Waals surface area contributed by atoms with E-state index in [-0.39, 0.29) is 5.91 Å².